The summed E-state index contributed by atoms with van der Waals surface area (Å²) in [6, 6.07) is 9.15. The Labute approximate surface area is 121 Å². The molecule has 0 heterocycles. The monoisotopic (exact) mass is 277 g/mol. The Kier molecular flexibility index (Phi) is 4.45. The van der Waals surface area contributed by atoms with Crippen molar-refractivity contribution in [1.29, 1.82) is 0 Å². The summed E-state index contributed by atoms with van der Waals surface area (Å²) in [4.78, 5) is 0. The maximum atomic E-state index is 5.93. The highest BCUT2D eigenvalue weighted by Gasteiger charge is 2.30. The molecule has 104 valence electrons. The molecule has 1 aromatic carbocycles. The van der Waals surface area contributed by atoms with Crippen molar-refractivity contribution >= 4 is 11.6 Å². The largest absolute Gasteiger partial charge is 0.314 e. The molecule has 0 spiro atoms. The van der Waals surface area contributed by atoms with Crippen molar-refractivity contribution in [3.05, 3.63) is 34.9 Å². The van der Waals surface area contributed by atoms with Crippen molar-refractivity contribution < 1.29 is 0 Å². The number of halogens is 1. The van der Waals surface area contributed by atoms with E-state index in [0.29, 0.717) is 0 Å². The van der Waals surface area contributed by atoms with E-state index in [1.54, 1.807) is 0 Å². The van der Waals surface area contributed by atoms with Crippen LogP contribution in [0, 0.1) is 5.92 Å². The molecule has 2 heteroatoms. The molecule has 0 unspecified atom stereocenters. The minimum absolute atomic E-state index is 0.751. The lowest BCUT2D eigenvalue weighted by molar-refractivity contribution is 0.255. The molecule has 0 bridgehead atoms. The van der Waals surface area contributed by atoms with Gasteiger partial charge in [-0.15, -0.1) is 0 Å². The van der Waals surface area contributed by atoms with Gasteiger partial charge in [-0.05, 0) is 61.8 Å². The number of hydrogen-bond donors (Lipinski definition) is 1. The molecular formula is C17H24ClN. The fourth-order valence-corrected chi connectivity index (χ4v) is 3.64. The van der Waals surface area contributed by atoms with Gasteiger partial charge in [0.1, 0.15) is 0 Å². The number of nitrogens with one attached hydrogen (secondary N) is 1. The summed E-state index contributed by atoms with van der Waals surface area (Å²) in [5.41, 5.74) is 1.46. The predicted octanol–water partition coefficient (Wildman–Crippen LogP) is 4.76. The highest BCUT2D eigenvalue weighted by atomic mass is 35.5. The molecule has 2 saturated carbocycles. The summed E-state index contributed by atoms with van der Waals surface area (Å²) in [5, 5.41) is 4.62. The van der Waals surface area contributed by atoms with Crippen molar-refractivity contribution in [2.75, 3.05) is 6.54 Å². The van der Waals surface area contributed by atoms with Crippen LogP contribution in [-0.2, 0) is 0 Å². The third-order valence-electron chi connectivity index (χ3n) is 4.90. The molecule has 2 fully saturated rings. The van der Waals surface area contributed by atoms with Crippen LogP contribution in [0.2, 0.25) is 5.02 Å². The van der Waals surface area contributed by atoms with Crippen molar-refractivity contribution in [2.45, 2.75) is 56.9 Å². The van der Waals surface area contributed by atoms with Gasteiger partial charge in [0, 0.05) is 11.1 Å². The first-order chi connectivity index (χ1) is 9.31. The van der Waals surface area contributed by atoms with Gasteiger partial charge in [-0.25, -0.2) is 0 Å². The molecule has 0 radical (unpaired) electrons. The number of rotatable bonds is 4. The Morgan fingerprint density at radius 1 is 1.00 bits per heavy atom. The molecule has 2 aliphatic rings. The van der Waals surface area contributed by atoms with E-state index in [1.807, 2.05) is 12.1 Å². The first kappa shape index (κ1) is 13.5. The Bertz CT molecular complexity index is 388. The summed E-state index contributed by atoms with van der Waals surface area (Å²) < 4.78 is 0. The van der Waals surface area contributed by atoms with E-state index in [1.165, 1.54) is 57.1 Å². The second-order valence-corrected chi connectivity index (χ2v) is 6.77. The van der Waals surface area contributed by atoms with Crippen LogP contribution in [0.1, 0.15) is 56.4 Å². The Morgan fingerprint density at radius 3 is 2.37 bits per heavy atom. The van der Waals surface area contributed by atoms with E-state index >= 15 is 0 Å². The van der Waals surface area contributed by atoms with Gasteiger partial charge >= 0.3 is 0 Å². The van der Waals surface area contributed by atoms with E-state index in [0.717, 1.165) is 22.9 Å². The Balaban J connectivity index is 1.39. The SMILES string of the molecule is Clc1ccc(C2CC(NCC3CCCCC3)C2)cc1. The van der Waals surface area contributed by atoms with Crippen LogP contribution in [0.3, 0.4) is 0 Å². The summed E-state index contributed by atoms with van der Waals surface area (Å²) in [5.74, 6) is 1.70. The fraction of sp³-hybridized carbons (Fsp3) is 0.647. The average molecular weight is 278 g/mol. The highest BCUT2D eigenvalue weighted by Crippen LogP contribution is 2.37. The van der Waals surface area contributed by atoms with Gasteiger partial charge < -0.3 is 5.32 Å². The zero-order valence-electron chi connectivity index (χ0n) is 11.6. The molecule has 0 amide bonds. The van der Waals surface area contributed by atoms with Crippen molar-refractivity contribution in [3.63, 3.8) is 0 Å². The van der Waals surface area contributed by atoms with Crippen molar-refractivity contribution in [2.24, 2.45) is 5.92 Å². The molecule has 0 atom stereocenters. The lowest BCUT2D eigenvalue weighted by atomic mass is 9.75. The Hall–Kier alpha value is -0.530. The van der Waals surface area contributed by atoms with E-state index in [2.05, 4.69) is 17.4 Å². The van der Waals surface area contributed by atoms with Gasteiger partial charge in [0.2, 0.25) is 0 Å². The second-order valence-electron chi connectivity index (χ2n) is 6.33. The van der Waals surface area contributed by atoms with Gasteiger partial charge in [0.15, 0.2) is 0 Å². The summed E-state index contributed by atoms with van der Waals surface area (Å²) >= 11 is 5.93. The first-order valence-electron chi connectivity index (χ1n) is 7.80. The van der Waals surface area contributed by atoms with E-state index in [9.17, 15) is 0 Å². The molecule has 2 aliphatic carbocycles. The minimum Gasteiger partial charge on any atom is -0.314 e. The van der Waals surface area contributed by atoms with E-state index < -0.39 is 0 Å². The van der Waals surface area contributed by atoms with E-state index in [-0.39, 0.29) is 0 Å². The molecule has 3 rings (SSSR count). The van der Waals surface area contributed by atoms with Crippen molar-refractivity contribution in [3.8, 4) is 0 Å². The molecule has 0 saturated heterocycles. The summed E-state index contributed by atoms with van der Waals surface area (Å²) in [7, 11) is 0. The zero-order chi connectivity index (χ0) is 13.1. The van der Waals surface area contributed by atoms with Crippen LogP contribution >= 0.6 is 11.6 Å². The lowest BCUT2D eigenvalue weighted by Crippen LogP contribution is -2.42. The average Bonchev–Trinajstić information content (AvgIpc) is 2.40. The highest BCUT2D eigenvalue weighted by molar-refractivity contribution is 6.30. The molecule has 1 nitrogen and oxygen atoms in total. The molecule has 0 aliphatic heterocycles. The smallest absolute Gasteiger partial charge is 0.0406 e. The third-order valence-corrected chi connectivity index (χ3v) is 5.15. The summed E-state index contributed by atoms with van der Waals surface area (Å²) in [6.07, 6.45) is 9.84. The van der Waals surface area contributed by atoms with Crippen LogP contribution in [0.15, 0.2) is 24.3 Å². The zero-order valence-corrected chi connectivity index (χ0v) is 12.3. The van der Waals surface area contributed by atoms with Gasteiger partial charge in [0.05, 0.1) is 0 Å². The summed E-state index contributed by atoms with van der Waals surface area (Å²) in [6.45, 7) is 1.25. The van der Waals surface area contributed by atoms with Crippen LogP contribution in [0.4, 0.5) is 0 Å². The minimum atomic E-state index is 0.751. The quantitative estimate of drug-likeness (QED) is 0.837. The maximum absolute atomic E-state index is 5.93. The number of benzene rings is 1. The Morgan fingerprint density at radius 2 is 1.68 bits per heavy atom. The second kappa shape index (κ2) is 6.28. The lowest BCUT2D eigenvalue weighted by Gasteiger charge is -2.37. The van der Waals surface area contributed by atoms with Crippen LogP contribution < -0.4 is 5.32 Å². The van der Waals surface area contributed by atoms with E-state index in [4.69, 9.17) is 11.6 Å². The van der Waals surface area contributed by atoms with Crippen LogP contribution in [-0.4, -0.2) is 12.6 Å². The van der Waals surface area contributed by atoms with Crippen LogP contribution in [0.25, 0.3) is 0 Å². The third kappa shape index (κ3) is 3.52. The van der Waals surface area contributed by atoms with Gasteiger partial charge in [0.25, 0.3) is 0 Å². The van der Waals surface area contributed by atoms with Gasteiger partial charge in [-0.2, -0.15) is 0 Å². The number of hydrogen-bond acceptors (Lipinski definition) is 1. The first-order valence-corrected chi connectivity index (χ1v) is 8.18. The fourth-order valence-electron chi connectivity index (χ4n) is 3.52. The van der Waals surface area contributed by atoms with Crippen molar-refractivity contribution in [1.82, 2.24) is 5.32 Å². The molecular weight excluding hydrogens is 254 g/mol. The molecule has 1 aromatic rings. The topological polar surface area (TPSA) is 12.0 Å². The van der Waals surface area contributed by atoms with Gasteiger partial charge in [-0.1, -0.05) is 43.0 Å². The molecule has 19 heavy (non-hydrogen) atoms. The molecule has 0 aromatic heterocycles. The standard InChI is InChI=1S/C17H24ClN/c18-16-8-6-14(7-9-16)15-10-17(11-15)19-12-13-4-2-1-3-5-13/h6-9,13,15,17,19H,1-5,10-12H2. The molecule has 1 N–H and O–H groups in total. The van der Waals surface area contributed by atoms with Crippen LogP contribution in [0.5, 0.6) is 0 Å². The normalized spacial score (nSPS) is 28.1. The van der Waals surface area contributed by atoms with Gasteiger partial charge in [-0.3, -0.25) is 0 Å². The predicted molar refractivity (Wildman–Crippen MR) is 81.8 cm³/mol. The maximum Gasteiger partial charge on any atom is 0.0406 e.